The van der Waals surface area contributed by atoms with Crippen molar-refractivity contribution < 1.29 is 12.0 Å². The molecule has 0 aliphatic carbocycles. The van der Waals surface area contributed by atoms with E-state index < -0.39 is 15.9 Å². The summed E-state index contributed by atoms with van der Waals surface area (Å²) >= 11 is -0.665. The van der Waals surface area contributed by atoms with Gasteiger partial charge in [-0.25, -0.2) is 4.98 Å². The van der Waals surface area contributed by atoms with Crippen molar-refractivity contribution in [2.24, 2.45) is 0 Å². The molecule has 1 radical (unpaired) electrons. The lowest BCUT2D eigenvalue weighted by Crippen LogP contribution is -2.11. The highest BCUT2D eigenvalue weighted by Gasteiger charge is 2.21. The van der Waals surface area contributed by atoms with Crippen molar-refractivity contribution in [1.82, 2.24) is 23.3 Å². The van der Waals surface area contributed by atoms with Crippen LogP contribution in [0.15, 0.2) is 381 Å². The Kier molecular flexibility index (Phi) is 16.8. The highest BCUT2D eigenvalue weighted by molar-refractivity contribution is 6.21. The fourth-order valence-corrected chi connectivity index (χ4v) is 17.3. The fourth-order valence-electron chi connectivity index (χ4n) is 16.7. The van der Waals surface area contributed by atoms with Crippen molar-refractivity contribution >= 4 is 136 Å². The summed E-state index contributed by atoms with van der Waals surface area (Å²) in [5.74, 6) is 1.58. The van der Waals surface area contributed by atoms with Gasteiger partial charge in [0.05, 0.1) is 49.9 Å². The molecule has 111 heavy (non-hydrogen) atoms. The zero-order chi connectivity index (χ0) is 74.0. The third kappa shape index (κ3) is 11.9. The van der Waals surface area contributed by atoms with E-state index in [4.69, 9.17) is 12.0 Å². The van der Waals surface area contributed by atoms with E-state index in [9.17, 15) is 0 Å². The molecule has 0 saturated heterocycles. The Hall–Kier alpha value is -13.9. The molecule has 9 heteroatoms. The predicted molar refractivity (Wildman–Crippen MR) is 463 cm³/mol. The van der Waals surface area contributed by atoms with Gasteiger partial charge in [-0.2, -0.15) is 0 Å². The van der Waals surface area contributed by atoms with Crippen LogP contribution in [0.1, 0.15) is 16.8 Å². The summed E-state index contributed by atoms with van der Waals surface area (Å²) in [5, 5.41) is 13.5. The van der Waals surface area contributed by atoms with E-state index in [-0.39, 0.29) is 0 Å². The number of hydrogen-bond acceptors (Lipinski definition) is 4. The first-order valence-corrected chi connectivity index (χ1v) is 38.6. The SMILES string of the molecule is Cc1cc(-n2c3ccccc3c3ccccc32)ccc1-c1ccc(-n2c3ccccc3c3ccccc32)cc1C.Cc1ccc2cccc([O][Al][O]c3ccc(-c4ccccc4)cc3)c2n1.c1ccc(-n2c3ccccc3c3cc(-c4ccc5oc6ccc(-n7c8ccccc8c8ccccc87)cc6c5c4)ccc32)cc1. The van der Waals surface area contributed by atoms with Gasteiger partial charge in [0.2, 0.25) is 0 Å². The molecule has 16 aromatic carbocycles. The Balaban J connectivity index is 0.000000113. The lowest BCUT2D eigenvalue weighted by Gasteiger charge is -2.15. The molecule has 0 spiro atoms. The second-order valence-electron chi connectivity index (χ2n) is 28.5. The Labute approximate surface area is 648 Å². The van der Waals surface area contributed by atoms with Gasteiger partial charge in [-0.3, -0.25) is 0 Å². The lowest BCUT2D eigenvalue weighted by atomic mass is 9.95. The zero-order valence-electron chi connectivity index (χ0n) is 61.3. The number of furan rings is 1. The summed E-state index contributed by atoms with van der Waals surface area (Å²) in [6, 6.07) is 133. The van der Waals surface area contributed by atoms with Gasteiger partial charge in [0.15, 0.2) is 0 Å². The molecule has 0 atom stereocenters. The maximum atomic E-state index is 6.36. The van der Waals surface area contributed by atoms with Gasteiger partial charge in [-0.05, 0) is 211 Å². The molecule has 22 aromatic rings. The van der Waals surface area contributed by atoms with E-state index in [0.717, 1.165) is 55.7 Å². The van der Waals surface area contributed by atoms with E-state index in [1.165, 1.54) is 149 Å². The first-order chi connectivity index (χ1) is 54.8. The van der Waals surface area contributed by atoms with Gasteiger partial charge in [0.1, 0.15) is 22.4 Å². The van der Waals surface area contributed by atoms with Crippen LogP contribution in [0.5, 0.6) is 11.5 Å². The number of pyridine rings is 1. The first kappa shape index (κ1) is 66.5. The maximum Gasteiger partial charge on any atom is 0.881 e. The van der Waals surface area contributed by atoms with Gasteiger partial charge >= 0.3 is 15.9 Å². The molecule has 525 valence electrons. The maximum absolute atomic E-state index is 6.36. The average Bonchev–Trinajstić information content (AvgIpc) is 1.60. The molecule has 0 amide bonds. The quantitative estimate of drug-likeness (QED) is 0.121. The van der Waals surface area contributed by atoms with E-state index in [0.29, 0.717) is 0 Å². The number of aryl methyl sites for hydroxylation is 3. The van der Waals surface area contributed by atoms with E-state index in [2.05, 4.69) is 359 Å². The van der Waals surface area contributed by atoms with Gasteiger partial charge in [0, 0.05) is 87.7 Å². The Morgan fingerprint density at radius 2 is 0.640 bits per heavy atom. The Morgan fingerprint density at radius 1 is 0.261 bits per heavy atom. The minimum Gasteiger partial charge on any atom is -0.616 e. The Bertz CT molecular complexity index is 7030. The second-order valence-corrected chi connectivity index (χ2v) is 29.2. The van der Waals surface area contributed by atoms with Gasteiger partial charge < -0.3 is 30.3 Å². The minimum atomic E-state index is -0.665. The molecule has 0 aliphatic heterocycles. The third-order valence-corrected chi connectivity index (χ3v) is 22.6. The number of para-hydroxylation sites is 9. The number of nitrogens with zero attached hydrogens (tertiary/aromatic N) is 5. The minimum absolute atomic E-state index is 0.665. The second kappa shape index (κ2) is 28.0. The van der Waals surface area contributed by atoms with E-state index in [1.807, 2.05) is 61.5 Å². The summed E-state index contributed by atoms with van der Waals surface area (Å²) in [6.45, 7) is 6.44. The average molecular weight is 1440 g/mol. The largest absolute Gasteiger partial charge is 0.881 e. The van der Waals surface area contributed by atoms with E-state index in [1.54, 1.807) is 0 Å². The zero-order valence-corrected chi connectivity index (χ0v) is 62.5. The van der Waals surface area contributed by atoms with Crippen molar-refractivity contribution in [2.75, 3.05) is 0 Å². The molecule has 0 saturated carbocycles. The molecule has 6 heterocycles. The van der Waals surface area contributed by atoms with Crippen LogP contribution < -0.4 is 7.58 Å². The van der Waals surface area contributed by atoms with Crippen LogP contribution >= 0.6 is 0 Å². The van der Waals surface area contributed by atoms with E-state index >= 15 is 0 Å². The molecular weight excluding hydrogens is 1370 g/mol. The topological polar surface area (TPSA) is 64.2 Å². The number of benzene rings is 16. The molecule has 0 unspecified atom stereocenters. The molecule has 0 bridgehead atoms. The fraction of sp³-hybridized carbons (Fsp3) is 0.0294. The third-order valence-electron chi connectivity index (χ3n) is 21.8. The highest BCUT2D eigenvalue weighted by Crippen LogP contribution is 2.42. The lowest BCUT2D eigenvalue weighted by molar-refractivity contribution is 0.461. The van der Waals surface area contributed by atoms with Crippen LogP contribution in [0.2, 0.25) is 0 Å². The van der Waals surface area contributed by atoms with Crippen LogP contribution in [-0.2, 0) is 0 Å². The van der Waals surface area contributed by atoms with Crippen molar-refractivity contribution in [3.05, 3.63) is 393 Å². The number of hydrogen-bond donors (Lipinski definition) is 0. The molecule has 22 rings (SSSR count). The molecule has 6 aromatic heterocycles. The standard InChI is InChI=1S/C42H26N2O.C38H28N2.C12H10O.C10H9NO.Al/c1-2-10-29(11-3-1)43-39-17-9-6-14-33(39)34-24-27(18-21-40(34)43)28-19-22-41-35(25-28)36-26-30(20-23-42(36)45-41)44-37-15-7-4-12-31(37)32-13-5-8-16-38(32)44;1-25-23-27(39-35-15-7-3-11-31(35)32-12-4-8-16-36(32)39)19-21-29(25)30-22-20-28(24-26(30)2)40-37-17-9-5-13-33(37)34-14-6-10-18-38(34)40;13-12-8-6-11(7-9-12)10-4-2-1-3-5-10;1-7-5-6-8-3-2-4-9(12)10(8)11-7;/h1-26H;3-24H,1-2H3;1-9,13H;2-6,12H,1H3;/q;;;;+2/p-2. The summed E-state index contributed by atoms with van der Waals surface area (Å²) in [7, 11) is 0. The van der Waals surface area contributed by atoms with Crippen LogP contribution in [0.4, 0.5) is 0 Å². The predicted octanol–water partition coefficient (Wildman–Crippen LogP) is 26.8. The van der Waals surface area contributed by atoms with Crippen molar-refractivity contribution in [3.8, 4) is 67.6 Å². The number of rotatable bonds is 11. The molecule has 0 fully saturated rings. The molecule has 8 nitrogen and oxygen atoms in total. The summed E-state index contributed by atoms with van der Waals surface area (Å²) in [5.41, 5.74) is 27.9. The van der Waals surface area contributed by atoms with Crippen LogP contribution in [-0.4, -0.2) is 39.1 Å². The molecular formula is C102H71AlN5O3. The summed E-state index contributed by atoms with van der Waals surface area (Å²) in [6.07, 6.45) is 0. The Morgan fingerprint density at radius 3 is 1.14 bits per heavy atom. The molecule has 0 aliphatic rings. The van der Waals surface area contributed by atoms with Gasteiger partial charge in [-0.1, -0.05) is 231 Å². The monoisotopic (exact) mass is 1440 g/mol. The van der Waals surface area contributed by atoms with Crippen molar-refractivity contribution in [2.45, 2.75) is 20.8 Å². The van der Waals surface area contributed by atoms with Crippen LogP contribution in [0.3, 0.4) is 0 Å². The van der Waals surface area contributed by atoms with Gasteiger partial charge in [-0.15, -0.1) is 0 Å². The molecule has 0 N–H and O–H groups in total. The van der Waals surface area contributed by atoms with Crippen molar-refractivity contribution in [3.63, 3.8) is 0 Å². The normalized spacial score (nSPS) is 11.6. The highest BCUT2D eigenvalue weighted by atomic mass is 27.2. The smallest absolute Gasteiger partial charge is 0.616 e. The summed E-state index contributed by atoms with van der Waals surface area (Å²) < 4.78 is 27.6. The van der Waals surface area contributed by atoms with Gasteiger partial charge in [0.25, 0.3) is 0 Å². The van der Waals surface area contributed by atoms with Crippen LogP contribution in [0, 0.1) is 20.8 Å². The van der Waals surface area contributed by atoms with Crippen LogP contribution in [0.25, 0.3) is 176 Å². The number of fused-ring (bicyclic) bond motifs is 16. The van der Waals surface area contributed by atoms with Crippen molar-refractivity contribution in [1.29, 1.82) is 0 Å². The number of aromatic nitrogens is 5. The first-order valence-electron chi connectivity index (χ1n) is 37.7. The summed E-state index contributed by atoms with van der Waals surface area (Å²) in [4.78, 5) is 4.58.